The van der Waals surface area contributed by atoms with Crippen molar-refractivity contribution in [2.45, 2.75) is 26.7 Å². The zero-order valence-electron chi connectivity index (χ0n) is 7.59. The molecule has 0 fully saturated rings. The zero-order chi connectivity index (χ0) is 9.84. The highest BCUT2D eigenvalue weighted by atomic mass is 35.5. The van der Waals surface area contributed by atoms with Crippen molar-refractivity contribution in [3.63, 3.8) is 0 Å². The molecule has 0 spiro atoms. The number of halogens is 2. The van der Waals surface area contributed by atoms with Gasteiger partial charge in [-0.15, -0.1) is 0 Å². The van der Waals surface area contributed by atoms with E-state index in [2.05, 4.69) is 28.8 Å². The average molecular weight is 220 g/mol. The van der Waals surface area contributed by atoms with E-state index in [1.807, 2.05) is 0 Å². The summed E-state index contributed by atoms with van der Waals surface area (Å²) in [6.45, 7) is 4.25. The first-order valence-corrected chi connectivity index (χ1v) is 4.93. The molecule has 0 aliphatic heterocycles. The summed E-state index contributed by atoms with van der Waals surface area (Å²) in [5.41, 5.74) is 0. The van der Waals surface area contributed by atoms with Gasteiger partial charge in [-0.2, -0.15) is 4.98 Å². The summed E-state index contributed by atoms with van der Waals surface area (Å²) < 4.78 is 0. The van der Waals surface area contributed by atoms with E-state index in [1.54, 1.807) is 0 Å². The maximum Gasteiger partial charge on any atom is 0.226 e. The van der Waals surface area contributed by atoms with Crippen LogP contribution in [-0.4, -0.2) is 15.0 Å². The predicted octanol–water partition coefficient (Wildman–Crippen LogP) is 2.77. The lowest BCUT2D eigenvalue weighted by molar-refractivity contribution is 0.542. The van der Waals surface area contributed by atoms with Crippen LogP contribution in [0.25, 0.3) is 0 Å². The summed E-state index contributed by atoms with van der Waals surface area (Å²) in [5.74, 6) is 1.20. The van der Waals surface area contributed by atoms with Gasteiger partial charge in [-0.3, -0.25) is 0 Å². The van der Waals surface area contributed by atoms with E-state index in [0.717, 1.165) is 12.8 Å². The van der Waals surface area contributed by atoms with Crippen molar-refractivity contribution in [1.82, 2.24) is 15.0 Å². The quantitative estimate of drug-likeness (QED) is 0.786. The van der Waals surface area contributed by atoms with E-state index in [0.29, 0.717) is 11.7 Å². The molecule has 0 aliphatic carbocycles. The minimum atomic E-state index is 0.165. The molecule has 1 atom stereocenters. The Bertz CT molecular complexity index is 270. The van der Waals surface area contributed by atoms with Crippen LogP contribution in [0.5, 0.6) is 0 Å². The van der Waals surface area contributed by atoms with Crippen molar-refractivity contribution >= 4 is 23.2 Å². The van der Waals surface area contributed by atoms with E-state index in [9.17, 15) is 0 Å². The minimum Gasteiger partial charge on any atom is -0.203 e. The van der Waals surface area contributed by atoms with Crippen LogP contribution >= 0.6 is 23.2 Å². The molecule has 0 N–H and O–H groups in total. The molecule has 1 aromatic rings. The second-order valence-electron chi connectivity index (χ2n) is 3.01. The Morgan fingerprint density at radius 3 is 2.15 bits per heavy atom. The van der Waals surface area contributed by atoms with Crippen LogP contribution in [0.3, 0.4) is 0 Å². The Morgan fingerprint density at radius 1 is 1.15 bits per heavy atom. The first kappa shape index (κ1) is 10.7. The van der Waals surface area contributed by atoms with Gasteiger partial charge in [-0.1, -0.05) is 20.3 Å². The highest BCUT2D eigenvalue weighted by Crippen LogP contribution is 2.11. The molecule has 72 valence electrons. The van der Waals surface area contributed by atoms with Crippen molar-refractivity contribution in [1.29, 1.82) is 0 Å². The molecule has 0 aromatic carbocycles. The van der Waals surface area contributed by atoms with Crippen molar-refractivity contribution in [2.24, 2.45) is 5.92 Å². The van der Waals surface area contributed by atoms with Crippen LogP contribution in [0, 0.1) is 5.92 Å². The average Bonchev–Trinajstić information content (AvgIpc) is 2.02. The Hall–Kier alpha value is -0.410. The Morgan fingerprint density at radius 2 is 1.69 bits per heavy atom. The normalized spacial score (nSPS) is 12.9. The molecule has 1 unspecified atom stereocenters. The number of hydrogen-bond acceptors (Lipinski definition) is 3. The van der Waals surface area contributed by atoms with E-state index in [1.165, 1.54) is 0 Å². The first-order valence-electron chi connectivity index (χ1n) is 4.17. The largest absolute Gasteiger partial charge is 0.226 e. The zero-order valence-corrected chi connectivity index (χ0v) is 9.10. The maximum absolute atomic E-state index is 5.63. The highest BCUT2D eigenvalue weighted by Gasteiger charge is 2.06. The van der Waals surface area contributed by atoms with Crippen LogP contribution < -0.4 is 0 Å². The number of hydrogen-bond donors (Lipinski definition) is 0. The molecular weight excluding hydrogens is 209 g/mol. The molecule has 0 radical (unpaired) electrons. The third-order valence-electron chi connectivity index (χ3n) is 1.86. The third-order valence-corrected chi connectivity index (χ3v) is 2.19. The van der Waals surface area contributed by atoms with Gasteiger partial charge in [0, 0.05) is 6.42 Å². The van der Waals surface area contributed by atoms with Gasteiger partial charge in [-0.05, 0) is 29.1 Å². The molecule has 0 saturated heterocycles. The lowest BCUT2D eigenvalue weighted by Crippen LogP contribution is -2.04. The van der Waals surface area contributed by atoms with E-state index in [4.69, 9.17) is 23.2 Å². The molecule has 1 aromatic heterocycles. The summed E-state index contributed by atoms with van der Waals surface area (Å²) in [4.78, 5) is 11.6. The van der Waals surface area contributed by atoms with Gasteiger partial charge in [0.05, 0.1) is 0 Å². The lowest BCUT2D eigenvalue weighted by Gasteiger charge is -2.06. The SMILES string of the molecule is CCC(C)Cc1nc(Cl)nc(Cl)n1. The second-order valence-corrected chi connectivity index (χ2v) is 3.68. The number of aromatic nitrogens is 3. The molecule has 0 bridgehead atoms. The molecule has 3 nitrogen and oxygen atoms in total. The summed E-state index contributed by atoms with van der Waals surface area (Å²) in [6.07, 6.45) is 1.87. The van der Waals surface area contributed by atoms with Gasteiger partial charge >= 0.3 is 0 Å². The predicted molar refractivity (Wildman–Crippen MR) is 53.0 cm³/mol. The van der Waals surface area contributed by atoms with Crippen molar-refractivity contribution < 1.29 is 0 Å². The number of nitrogens with zero attached hydrogens (tertiary/aromatic N) is 3. The molecule has 1 heterocycles. The van der Waals surface area contributed by atoms with Crippen molar-refractivity contribution in [3.05, 3.63) is 16.4 Å². The third kappa shape index (κ3) is 3.44. The fourth-order valence-electron chi connectivity index (χ4n) is 0.911. The molecule has 0 saturated carbocycles. The molecular formula is C8H11Cl2N3. The van der Waals surface area contributed by atoms with Crippen LogP contribution in [0.1, 0.15) is 26.1 Å². The fraction of sp³-hybridized carbons (Fsp3) is 0.625. The topological polar surface area (TPSA) is 38.7 Å². The highest BCUT2D eigenvalue weighted by molar-refractivity contribution is 6.30. The van der Waals surface area contributed by atoms with Crippen LogP contribution in [0.2, 0.25) is 10.6 Å². The standard InChI is InChI=1S/C8H11Cl2N3/c1-3-5(2)4-6-11-7(9)13-8(10)12-6/h5H,3-4H2,1-2H3. The molecule has 0 amide bonds. The minimum absolute atomic E-state index is 0.165. The fourth-order valence-corrected chi connectivity index (χ4v) is 1.31. The van der Waals surface area contributed by atoms with Gasteiger partial charge in [0.15, 0.2) is 0 Å². The van der Waals surface area contributed by atoms with Crippen molar-refractivity contribution in [3.8, 4) is 0 Å². The molecule has 13 heavy (non-hydrogen) atoms. The second kappa shape index (κ2) is 4.72. The monoisotopic (exact) mass is 219 g/mol. The van der Waals surface area contributed by atoms with Gasteiger partial charge in [0.2, 0.25) is 10.6 Å². The Balaban J connectivity index is 2.77. The Kier molecular flexibility index (Phi) is 3.88. The molecule has 5 heteroatoms. The summed E-state index contributed by atoms with van der Waals surface area (Å²) >= 11 is 11.3. The van der Waals surface area contributed by atoms with E-state index in [-0.39, 0.29) is 10.6 Å². The van der Waals surface area contributed by atoms with Crippen molar-refractivity contribution in [2.75, 3.05) is 0 Å². The van der Waals surface area contributed by atoms with Gasteiger partial charge in [0.1, 0.15) is 5.82 Å². The molecule has 1 rings (SSSR count). The molecule has 0 aliphatic rings. The van der Waals surface area contributed by atoms with Gasteiger partial charge in [0.25, 0.3) is 0 Å². The first-order chi connectivity index (χ1) is 6.11. The smallest absolute Gasteiger partial charge is 0.203 e. The van der Waals surface area contributed by atoms with E-state index >= 15 is 0 Å². The van der Waals surface area contributed by atoms with Crippen LogP contribution in [0.15, 0.2) is 0 Å². The van der Waals surface area contributed by atoms with Crippen LogP contribution in [0.4, 0.5) is 0 Å². The summed E-state index contributed by atoms with van der Waals surface area (Å²) in [7, 11) is 0. The number of rotatable bonds is 3. The summed E-state index contributed by atoms with van der Waals surface area (Å²) in [6, 6.07) is 0. The summed E-state index contributed by atoms with van der Waals surface area (Å²) in [5, 5.41) is 0.330. The van der Waals surface area contributed by atoms with Gasteiger partial charge in [-0.25, -0.2) is 9.97 Å². The lowest BCUT2D eigenvalue weighted by atomic mass is 10.1. The Labute approximate surface area is 87.5 Å². The van der Waals surface area contributed by atoms with E-state index < -0.39 is 0 Å². The van der Waals surface area contributed by atoms with Crippen LogP contribution in [-0.2, 0) is 6.42 Å². The van der Waals surface area contributed by atoms with Gasteiger partial charge < -0.3 is 0 Å². The maximum atomic E-state index is 5.63.